The first-order valence-corrected chi connectivity index (χ1v) is 7.79. The van der Waals surface area contributed by atoms with Crippen LogP contribution in [0, 0.1) is 0 Å². The molecular formula is C10H19N3O2S2. The first kappa shape index (κ1) is 14.7. The van der Waals surface area contributed by atoms with E-state index in [1.807, 2.05) is 23.5 Å². The minimum absolute atomic E-state index is 0.294. The molecule has 1 aliphatic rings. The Morgan fingerprint density at radius 1 is 1.41 bits per heavy atom. The third kappa shape index (κ3) is 5.65. The molecule has 0 aromatic carbocycles. The summed E-state index contributed by atoms with van der Waals surface area (Å²) in [6.45, 7) is 2.57. The Hall–Kier alpha value is -0.400. The van der Waals surface area contributed by atoms with E-state index in [1.165, 1.54) is 18.6 Å². The molecule has 1 aliphatic heterocycles. The van der Waals surface area contributed by atoms with Crippen LogP contribution in [0.2, 0.25) is 0 Å². The molecule has 1 saturated heterocycles. The van der Waals surface area contributed by atoms with Gasteiger partial charge in [-0.1, -0.05) is 0 Å². The predicted molar refractivity (Wildman–Crippen MR) is 73.6 cm³/mol. The molecule has 0 bridgehead atoms. The molecule has 1 heterocycles. The lowest BCUT2D eigenvalue weighted by Crippen LogP contribution is -2.48. The van der Waals surface area contributed by atoms with E-state index in [0.717, 1.165) is 12.3 Å². The lowest BCUT2D eigenvalue weighted by molar-refractivity contribution is -0.121. The van der Waals surface area contributed by atoms with Crippen LogP contribution in [0.15, 0.2) is 0 Å². The van der Waals surface area contributed by atoms with E-state index in [2.05, 4.69) is 16.0 Å². The third-order valence-corrected chi connectivity index (χ3v) is 5.24. The second kappa shape index (κ2) is 7.84. The van der Waals surface area contributed by atoms with Gasteiger partial charge in [-0.25, -0.2) is 4.79 Å². The largest absolute Gasteiger partial charge is 0.341 e. The molecule has 0 saturated carbocycles. The Balaban J connectivity index is 2.21. The molecule has 2 unspecified atom stereocenters. The molecule has 0 aromatic rings. The van der Waals surface area contributed by atoms with Crippen molar-refractivity contribution in [1.29, 1.82) is 0 Å². The van der Waals surface area contributed by atoms with Gasteiger partial charge in [-0.3, -0.25) is 10.1 Å². The summed E-state index contributed by atoms with van der Waals surface area (Å²) in [7, 11) is 1.48. The van der Waals surface area contributed by atoms with Crippen LogP contribution < -0.4 is 16.0 Å². The average molecular weight is 277 g/mol. The summed E-state index contributed by atoms with van der Waals surface area (Å²) in [5.41, 5.74) is 0. The molecule has 7 heteroatoms. The number of imide groups is 1. The fourth-order valence-electron chi connectivity index (χ4n) is 1.34. The van der Waals surface area contributed by atoms with E-state index in [9.17, 15) is 9.59 Å². The summed E-state index contributed by atoms with van der Waals surface area (Å²) in [5, 5.41) is 8.32. The van der Waals surface area contributed by atoms with Crippen molar-refractivity contribution in [2.75, 3.05) is 30.9 Å². The zero-order valence-electron chi connectivity index (χ0n) is 10.1. The van der Waals surface area contributed by atoms with Gasteiger partial charge in [0.15, 0.2) is 0 Å². The average Bonchev–Trinajstić information content (AvgIpc) is 2.36. The van der Waals surface area contributed by atoms with Gasteiger partial charge in [0, 0.05) is 36.1 Å². The summed E-state index contributed by atoms with van der Waals surface area (Å²) >= 11 is 3.89. The molecule has 17 heavy (non-hydrogen) atoms. The zero-order valence-corrected chi connectivity index (χ0v) is 11.7. The quantitative estimate of drug-likeness (QED) is 0.688. The number of hydrogen-bond donors (Lipinski definition) is 3. The minimum atomic E-state index is -0.466. The van der Waals surface area contributed by atoms with Crippen LogP contribution in [0.3, 0.4) is 0 Å². The van der Waals surface area contributed by atoms with E-state index in [0.29, 0.717) is 5.25 Å². The SMILES string of the molecule is CNC(=O)NC(=O)C(C)NCC1CSCCS1. The molecule has 3 N–H and O–H groups in total. The van der Waals surface area contributed by atoms with Crippen LogP contribution in [0.1, 0.15) is 6.92 Å². The van der Waals surface area contributed by atoms with Gasteiger partial charge in [-0.15, -0.1) is 0 Å². The standard InChI is InChI=1S/C10H19N3O2S2/c1-7(9(14)13-10(15)11-2)12-5-8-6-16-3-4-17-8/h7-8,12H,3-6H2,1-2H3,(H2,11,13,14,15). The normalized spacial score (nSPS) is 21.6. The fourth-order valence-corrected chi connectivity index (χ4v) is 3.96. The molecule has 0 spiro atoms. The van der Waals surface area contributed by atoms with Crippen molar-refractivity contribution in [2.24, 2.45) is 0 Å². The third-order valence-electron chi connectivity index (χ3n) is 2.39. The topological polar surface area (TPSA) is 70.2 Å². The van der Waals surface area contributed by atoms with E-state index in [4.69, 9.17) is 0 Å². The number of carbonyl (C=O) groups is 2. The number of hydrogen-bond acceptors (Lipinski definition) is 5. The van der Waals surface area contributed by atoms with Crippen molar-refractivity contribution in [3.8, 4) is 0 Å². The molecule has 1 fully saturated rings. The molecule has 0 radical (unpaired) electrons. The molecule has 98 valence electrons. The second-order valence-electron chi connectivity index (χ2n) is 3.77. The molecule has 0 aliphatic carbocycles. The van der Waals surface area contributed by atoms with Crippen molar-refractivity contribution >= 4 is 35.5 Å². The van der Waals surface area contributed by atoms with Gasteiger partial charge in [0.05, 0.1) is 6.04 Å². The van der Waals surface area contributed by atoms with E-state index in [-0.39, 0.29) is 11.9 Å². The maximum Gasteiger partial charge on any atom is 0.321 e. The highest BCUT2D eigenvalue weighted by molar-refractivity contribution is 8.06. The first-order chi connectivity index (χ1) is 8.13. The van der Waals surface area contributed by atoms with Gasteiger partial charge in [-0.2, -0.15) is 23.5 Å². The number of nitrogens with one attached hydrogen (secondary N) is 3. The maximum absolute atomic E-state index is 11.5. The Bertz CT molecular complexity index is 270. The van der Waals surface area contributed by atoms with Crippen LogP contribution in [0.4, 0.5) is 4.79 Å². The highest BCUT2D eigenvalue weighted by Crippen LogP contribution is 2.23. The van der Waals surface area contributed by atoms with Crippen LogP contribution in [0.25, 0.3) is 0 Å². The number of thioether (sulfide) groups is 2. The molecular weight excluding hydrogens is 258 g/mol. The monoisotopic (exact) mass is 277 g/mol. The Labute approximate surface area is 110 Å². The lowest BCUT2D eigenvalue weighted by atomic mass is 10.3. The van der Waals surface area contributed by atoms with Crippen LogP contribution in [-0.2, 0) is 4.79 Å². The predicted octanol–water partition coefficient (Wildman–Crippen LogP) is 0.269. The fraction of sp³-hybridized carbons (Fsp3) is 0.800. The molecule has 3 amide bonds. The van der Waals surface area contributed by atoms with Crippen molar-refractivity contribution in [3.63, 3.8) is 0 Å². The smallest absolute Gasteiger partial charge is 0.321 e. The maximum atomic E-state index is 11.5. The second-order valence-corrected chi connectivity index (χ2v) is 6.32. The van der Waals surface area contributed by atoms with Gasteiger partial charge in [0.25, 0.3) is 0 Å². The van der Waals surface area contributed by atoms with Crippen molar-refractivity contribution < 1.29 is 9.59 Å². The summed E-state index contributed by atoms with van der Waals surface area (Å²) in [5.74, 6) is 3.23. The van der Waals surface area contributed by atoms with E-state index < -0.39 is 6.03 Å². The van der Waals surface area contributed by atoms with Crippen molar-refractivity contribution in [1.82, 2.24) is 16.0 Å². The summed E-state index contributed by atoms with van der Waals surface area (Å²) < 4.78 is 0. The van der Waals surface area contributed by atoms with Crippen LogP contribution >= 0.6 is 23.5 Å². The zero-order chi connectivity index (χ0) is 12.7. The molecule has 0 aromatic heterocycles. The van der Waals surface area contributed by atoms with E-state index in [1.54, 1.807) is 6.92 Å². The number of carbonyl (C=O) groups excluding carboxylic acids is 2. The minimum Gasteiger partial charge on any atom is -0.341 e. The Morgan fingerprint density at radius 2 is 2.18 bits per heavy atom. The van der Waals surface area contributed by atoms with Gasteiger partial charge in [-0.05, 0) is 6.92 Å². The van der Waals surface area contributed by atoms with Crippen molar-refractivity contribution in [3.05, 3.63) is 0 Å². The van der Waals surface area contributed by atoms with Crippen LogP contribution in [-0.4, -0.2) is 54.1 Å². The van der Waals surface area contributed by atoms with Crippen LogP contribution in [0.5, 0.6) is 0 Å². The molecule has 1 rings (SSSR count). The summed E-state index contributed by atoms with van der Waals surface area (Å²) in [6.07, 6.45) is 0. The van der Waals surface area contributed by atoms with Gasteiger partial charge in [0.1, 0.15) is 0 Å². The lowest BCUT2D eigenvalue weighted by Gasteiger charge is -2.23. The van der Waals surface area contributed by atoms with Gasteiger partial charge in [0.2, 0.25) is 5.91 Å². The van der Waals surface area contributed by atoms with Crippen molar-refractivity contribution in [2.45, 2.75) is 18.2 Å². The Kier molecular flexibility index (Phi) is 6.76. The number of amides is 3. The van der Waals surface area contributed by atoms with E-state index >= 15 is 0 Å². The summed E-state index contributed by atoms with van der Waals surface area (Å²) in [6, 6.07) is -0.814. The highest BCUT2D eigenvalue weighted by atomic mass is 32.2. The highest BCUT2D eigenvalue weighted by Gasteiger charge is 2.18. The molecule has 2 atom stereocenters. The summed E-state index contributed by atoms with van der Waals surface area (Å²) in [4.78, 5) is 22.5. The number of rotatable bonds is 4. The molecule has 5 nitrogen and oxygen atoms in total. The Morgan fingerprint density at radius 3 is 2.76 bits per heavy atom. The number of urea groups is 1. The van der Waals surface area contributed by atoms with Gasteiger partial charge < -0.3 is 10.6 Å². The first-order valence-electron chi connectivity index (χ1n) is 5.58. The van der Waals surface area contributed by atoms with Gasteiger partial charge >= 0.3 is 6.03 Å².